The number of nitrogens with one attached hydrogen (secondary N) is 1. The Hall–Kier alpha value is -4.08. The molecule has 12 nitrogen and oxygen atoms in total. The number of aromatic nitrogens is 3. The first-order valence-electron chi connectivity index (χ1n) is 17.5. The number of piperidine rings is 4. The van der Waals surface area contributed by atoms with Crippen LogP contribution in [0.2, 0.25) is 5.02 Å². The second kappa shape index (κ2) is 14.5. The zero-order chi connectivity index (χ0) is 35.9. The van der Waals surface area contributed by atoms with E-state index in [0.717, 1.165) is 31.3 Å². The summed E-state index contributed by atoms with van der Waals surface area (Å²) in [5.74, 6) is 0.625. The van der Waals surface area contributed by atoms with E-state index >= 15 is 0 Å². The number of likely N-dealkylation sites (tertiary alicyclic amines) is 1. The van der Waals surface area contributed by atoms with Gasteiger partial charge >= 0.3 is 18.0 Å². The van der Waals surface area contributed by atoms with Gasteiger partial charge in [0.1, 0.15) is 0 Å². The number of nitrogen functional groups attached to an aromatic ring is 1. The molecule has 2 atom stereocenters. The number of H-pyrrole nitrogens is 1. The Morgan fingerprint density at radius 2 is 1.65 bits per heavy atom. The van der Waals surface area contributed by atoms with Crippen molar-refractivity contribution in [1.82, 2.24) is 34.4 Å². The summed E-state index contributed by atoms with van der Waals surface area (Å²) < 4.78 is 48.7. The maximum absolute atomic E-state index is 14.0. The average Bonchev–Trinajstić information content (AvgIpc) is 3.54. The van der Waals surface area contributed by atoms with Gasteiger partial charge in [0.2, 0.25) is 0 Å². The molecule has 1 unspecified atom stereocenters. The summed E-state index contributed by atoms with van der Waals surface area (Å²) in [4.78, 5) is 51.2. The van der Waals surface area contributed by atoms with Crippen molar-refractivity contribution in [3.63, 3.8) is 0 Å². The molecule has 2 aromatic carbocycles. The lowest BCUT2D eigenvalue weighted by atomic mass is 9.83. The van der Waals surface area contributed by atoms with Crippen LogP contribution < -0.4 is 11.4 Å². The van der Waals surface area contributed by atoms with Crippen LogP contribution in [-0.4, -0.2) is 117 Å². The molecule has 1 aromatic heterocycles. The molecule has 2 bridgehead atoms. The smallest absolute Gasteiger partial charge is 0.418 e. The van der Waals surface area contributed by atoms with Crippen molar-refractivity contribution in [2.24, 2.45) is 5.92 Å². The van der Waals surface area contributed by atoms with Gasteiger partial charge in [-0.3, -0.25) is 14.7 Å². The number of aromatic amines is 1. The van der Waals surface area contributed by atoms with E-state index in [1.54, 1.807) is 4.90 Å². The van der Waals surface area contributed by atoms with Gasteiger partial charge in [-0.05, 0) is 62.4 Å². The molecule has 5 saturated heterocycles. The average molecular weight is 731 g/mol. The summed E-state index contributed by atoms with van der Waals surface area (Å²) in [6.07, 6.45) is -4.04. The van der Waals surface area contributed by atoms with Crippen LogP contribution in [0.25, 0.3) is 11.4 Å². The highest BCUT2D eigenvalue weighted by Gasteiger charge is 2.41. The molecule has 0 aliphatic carbocycles. The molecule has 0 saturated carbocycles. The van der Waals surface area contributed by atoms with E-state index in [4.69, 9.17) is 22.1 Å². The quantitative estimate of drug-likeness (QED) is 0.347. The van der Waals surface area contributed by atoms with Gasteiger partial charge in [-0.1, -0.05) is 41.9 Å². The van der Waals surface area contributed by atoms with E-state index in [2.05, 4.69) is 19.9 Å². The summed E-state index contributed by atoms with van der Waals surface area (Å²) in [6.45, 7) is 5.92. The van der Waals surface area contributed by atoms with Crippen LogP contribution in [-0.2, 0) is 22.1 Å². The first-order valence-corrected chi connectivity index (χ1v) is 17.9. The number of nitrogens with zero attached hydrogens (tertiary/aromatic N) is 6. The van der Waals surface area contributed by atoms with E-state index in [0.29, 0.717) is 56.8 Å². The summed E-state index contributed by atoms with van der Waals surface area (Å²) >= 11 is 6.12. The fourth-order valence-corrected chi connectivity index (χ4v) is 8.29. The van der Waals surface area contributed by atoms with Gasteiger partial charge in [-0.25, -0.2) is 14.3 Å². The molecule has 5 fully saturated rings. The monoisotopic (exact) mass is 730 g/mol. The summed E-state index contributed by atoms with van der Waals surface area (Å²) in [6, 6.07) is 11.6. The van der Waals surface area contributed by atoms with E-state index in [1.165, 1.54) is 28.5 Å². The van der Waals surface area contributed by atoms with Gasteiger partial charge in [-0.15, -0.1) is 5.10 Å². The molecule has 51 heavy (non-hydrogen) atoms. The van der Waals surface area contributed by atoms with Gasteiger partial charge in [0.25, 0.3) is 5.91 Å². The number of halogens is 4. The number of ether oxygens (including phenoxy) is 1. The molecule has 16 heteroatoms. The highest BCUT2D eigenvalue weighted by molar-refractivity contribution is 6.33. The number of nitrogens with two attached hydrogens (primary N) is 1. The van der Waals surface area contributed by atoms with Crippen molar-refractivity contribution in [1.29, 1.82) is 0 Å². The second-order valence-electron chi connectivity index (χ2n) is 14.0. The first-order chi connectivity index (χ1) is 24.4. The fourth-order valence-electron chi connectivity index (χ4n) is 8.04. The number of rotatable bonds is 7. The van der Waals surface area contributed by atoms with Crippen molar-refractivity contribution in [2.75, 3.05) is 64.6 Å². The third-order valence-corrected chi connectivity index (χ3v) is 11.2. The van der Waals surface area contributed by atoms with Gasteiger partial charge in [0, 0.05) is 63.8 Å². The number of piperazine rings is 1. The molecule has 274 valence electrons. The number of fused-ring (bicyclic) bond motifs is 3. The lowest BCUT2D eigenvalue weighted by molar-refractivity contribution is -0.143. The van der Waals surface area contributed by atoms with Crippen LogP contribution in [0.1, 0.15) is 42.9 Å². The maximum atomic E-state index is 14.0. The Balaban J connectivity index is 1.04. The summed E-state index contributed by atoms with van der Waals surface area (Å²) in [5.41, 5.74) is 4.44. The van der Waals surface area contributed by atoms with Crippen LogP contribution >= 0.6 is 11.6 Å². The number of hydrogen-bond donors (Lipinski definition) is 2. The largest absolute Gasteiger partial charge is 0.436 e. The van der Waals surface area contributed by atoms with Gasteiger partial charge in [0.15, 0.2) is 11.9 Å². The minimum absolute atomic E-state index is 0.0735. The fraction of sp³-hybridized carbons (Fsp3) is 0.543. The van der Waals surface area contributed by atoms with Gasteiger partial charge < -0.3 is 25.2 Å². The normalized spacial score (nSPS) is 23.7. The summed E-state index contributed by atoms with van der Waals surface area (Å²) in [7, 11) is 0. The highest BCUT2D eigenvalue weighted by Crippen LogP contribution is 2.38. The molecule has 8 rings (SSSR count). The standard InChI is InChI=1S/C35H42ClF3N8O4/c36-27-19-22(18-26(30(27)40)35(37,38)39)20-29(32(48)45-16-14-44(15-17-45)28-21-43-10-6-23(28)7-11-43)51-34(50)46-12-8-25(9-13-46)47-33(49)41-31(42-47)24-4-2-1-3-5-24/h1-5,18-19,23,25,28-29H,6-17,20-21,40H2,(H,41,42,49)/t28-,29?/m0/s1. The number of benzene rings is 2. The number of carbonyl (C=O) groups excluding carboxylic acids is 2. The molecule has 0 radical (unpaired) electrons. The maximum Gasteiger partial charge on any atom is 0.418 e. The topological polar surface area (TPSA) is 133 Å². The third-order valence-electron chi connectivity index (χ3n) is 10.9. The molecule has 5 aliphatic heterocycles. The Morgan fingerprint density at radius 1 is 0.961 bits per heavy atom. The van der Waals surface area contributed by atoms with Crippen molar-refractivity contribution in [3.8, 4) is 11.4 Å². The predicted molar refractivity (Wildman–Crippen MR) is 184 cm³/mol. The Kier molecular flexibility index (Phi) is 10.0. The molecule has 0 spiro atoms. The Labute approximate surface area is 298 Å². The van der Waals surface area contributed by atoms with Crippen LogP contribution in [0.15, 0.2) is 47.3 Å². The Morgan fingerprint density at radius 3 is 2.27 bits per heavy atom. The Bertz CT molecular complexity index is 1780. The van der Waals surface area contributed by atoms with Gasteiger partial charge in [-0.2, -0.15) is 13.2 Å². The van der Waals surface area contributed by atoms with E-state index in [1.807, 2.05) is 30.3 Å². The van der Waals surface area contributed by atoms with Crippen LogP contribution in [0, 0.1) is 5.92 Å². The SMILES string of the molecule is Nc1c(Cl)cc(CC(OC(=O)N2CCC(n3nc(-c4ccccc4)[nH]c3=O)CC2)C(=O)N2CCN([C@H]3CN4CCC3CC4)CC2)cc1C(F)(F)F. The molecule has 3 N–H and O–H groups in total. The molecular formula is C35H42ClF3N8O4. The molecule has 5 aliphatic rings. The van der Waals surface area contributed by atoms with Crippen LogP contribution in [0.5, 0.6) is 0 Å². The number of alkyl halides is 3. The van der Waals surface area contributed by atoms with Crippen molar-refractivity contribution >= 4 is 29.3 Å². The van der Waals surface area contributed by atoms with Gasteiger partial charge in [0.05, 0.1) is 22.3 Å². The number of hydrogen-bond acceptors (Lipinski definition) is 8. The molecular weight excluding hydrogens is 689 g/mol. The number of anilines is 1. The molecule has 3 aromatic rings. The predicted octanol–water partition coefficient (Wildman–Crippen LogP) is 4.12. The van der Waals surface area contributed by atoms with Crippen molar-refractivity contribution in [2.45, 2.75) is 56.5 Å². The molecule has 2 amide bonds. The van der Waals surface area contributed by atoms with Crippen LogP contribution in [0.4, 0.5) is 23.7 Å². The number of amides is 2. The lowest BCUT2D eigenvalue weighted by Gasteiger charge is -2.51. The van der Waals surface area contributed by atoms with E-state index in [-0.39, 0.29) is 41.8 Å². The van der Waals surface area contributed by atoms with Crippen LogP contribution in [0.3, 0.4) is 0 Å². The van der Waals surface area contributed by atoms with E-state index in [9.17, 15) is 27.6 Å². The third kappa shape index (κ3) is 7.61. The zero-order valence-electron chi connectivity index (χ0n) is 28.2. The van der Waals surface area contributed by atoms with Crippen molar-refractivity contribution < 1.29 is 27.5 Å². The molecule has 6 heterocycles. The van der Waals surface area contributed by atoms with E-state index < -0.39 is 35.5 Å². The minimum Gasteiger partial charge on any atom is -0.436 e. The minimum atomic E-state index is -4.77. The number of carbonyl (C=O) groups is 2. The first kappa shape index (κ1) is 35.3. The lowest BCUT2D eigenvalue weighted by Crippen LogP contribution is -2.62. The zero-order valence-corrected chi connectivity index (χ0v) is 28.9. The van der Waals surface area contributed by atoms with Crippen molar-refractivity contribution in [3.05, 3.63) is 69.1 Å². The summed E-state index contributed by atoms with van der Waals surface area (Å²) in [5, 5.41) is 4.19. The highest BCUT2D eigenvalue weighted by atomic mass is 35.5. The second-order valence-corrected chi connectivity index (χ2v) is 14.4.